The second kappa shape index (κ2) is 7.31. The van der Waals surface area contributed by atoms with Gasteiger partial charge in [0.15, 0.2) is 0 Å². The Bertz CT molecular complexity index is 703. The van der Waals surface area contributed by atoms with Crippen molar-refractivity contribution in [1.29, 1.82) is 0 Å². The number of morpholine rings is 1. The molecule has 2 N–H and O–H groups in total. The van der Waals surface area contributed by atoms with Crippen LogP contribution in [0.5, 0.6) is 5.75 Å². The summed E-state index contributed by atoms with van der Waals surface area (Å²) in [6.45, 7) is 1.68. The number of carbonyl (C=O) groups is 1. The van der Waals surface area contributed by atoms with Crippen molar-refractivity contribution in [3.63, 3.8) is 0 Å². The van der Waals surface area contributed by atoms with E-state index in [-0.39, 0.29) is 12.0 Å². The minimum Gasteiger partial charge on any atom is -0.497 e. The number of carbonyl (C=O) groups excluding carboxylic acids is 1. The topological polar surface area (TPSA) is 77.7 Å². The van der Waals surface area contributed by atoms with Gasteiger partial charge in [0, 0.05) is 31.3 Å². The SMILES string of the molecule is COc1ccc(CC2CN(C(=O)c3ccnc(N)c3)CCO2)cc1. The highest BCUT2D eigenvalue weighted by molar-refractivity contribution is 5.94. The minimum absolute atomic E-state index is 0.0183. The highest BCUT2D eigenvalue weighted by Gasteiger charge is 2.25. The summed E-state index contributed by atoms with van der Waals surface area (Å²) in [5.41, 5.74) is 7.38. The molecule has 126 valence electrons. The summed E-state index contributed by atoms with van der Waals surface area (Å²) in [5.74, 6) is 1.14. The Morgan fingerprint density at radius 2 is 2.17 bits per heavy atom. The van der Waals surface area contributed by atoms with Gasteiger partial charge in [0.2, 0.25) is 0 Å². The molecule has 1 aromatic heterocycles. The molecular formula is C18H21N3O3. The molecule has 6 heteroatoms. The zero-order valence-electron chi connectivity index (χ0n) is 13.6. The fraction of sp³-hybridized carbons (Fsp3) is 0.333. The highest BCUT2D eigenvalue weighted by atomic mass is 16.5. The molecule has 1 aliphatic rings. The third kappa shape index (κ3) is 3.83. The molecule has 1 fully saturated rings. The average molecular weight is 327 g/mol. The lowest BCUT2D eigenvalue weighted by Gasteiger charge is -2.33. The molecular weight excluding hydrogens is 306 g/mol. The van der Waals surface area contributed by atoms with Crippen LogP contribution in [0.4, 0.5) is 5.82 Å². The van der Waals surface area contributed by atoms with Gasteiger partial charge in [-0.2, -0.15) is 0 Å². The molecule has 3 rings (SSSR count). The van der Waals surface area contributed by atoms with Crippen LogP contribution >= 0.6 is 0 Å². The van der Waals surface area contributed by atoms with E-state index >= 15 is 0 Å². The molecule has 1 unspecified atom stereocenters. The number of nitrogens with two attached hydrogens (primary N) is 1. The first-order chi connectivity index (χ1) is 11.7. The van der Waals surface area contributed by atoms with E-state index in [0.717, 1.165) is 17.7 Å². The lowest BCUT2D eigenvalue weighted by Crippen LogP contribution is -2.46. The Morgan fingerprint density at radius 3 is 2.88 bits per heavy atom. The maximum absolute atomic E-state index is 12.6. The van der Waals surface area contributed by atoms with Crippen molar-refractivity contribution in [2.45, 2.75) is 12.5 Å². The van der Waals surface area contributed by atoms with Gasteiger partial charge < -0.3 is 20.1 Å². The summed E-state index contributed by atoms with van der Waals surface area (Å²) in [7, 11) is 1.65. The van der Waals surface area contributed by atoms with Crippen LogP contribution in [0.15, 0.2) is 42.6 Å². The zero-order valence-corrected chi connectivity index (χ0v) is 13.6. The first kappa shape index (κ1) is 16.3. The number of hydrogen-bond donors (Lipinski definition) is 1. The van der Waals surface area contributed by atoms with Crippen molar-refractivity contribution in [1.82, 2.24) is 9.88 Å². The van der Waals surface area contributed by atoms with Crippen molar-refractivity contribution >= 4 is 11.7 Å². The molecule has 0 radical (unpaired) electrons. The smallest absolute Gasteiger partial charge is 0.254 e. The second-order valence-electron chi connectivity index (χ2n) is 5.77. The van der Waals surface area contributed by atoms with E-state index in [2.05, 4.69) is 4.98 Å². The molecule has 0 aliphatic carbocycles. The van der Waals surface area contributed by atoms with E-state index in [0.29, 0.717) is 31.1 Å². The summed E-state index contributed by atoms with van der Waals surface area (Å²) in [4.78, 5) is 18.3. The van der Waals surface area contributed by atoms with Crippen LogP contribution in [0.25, 0.3) is 0 Å². The van der Waals surface area contributed by atoms with E-state index in [1.54, 1.807) is 25.4 Å². The zero-order chi connectivity index (χ0) is 16.9. The van der Waals surface area contributed by atoms with Gasteiger partial charge in [-0.25, -0.2) is 4.98 Å². The Kier molecular flexibility index (Phi) is 4.96. The predicted octanol–water partition coefficient (Wildman–Crippen LogP) is 1.76. The third-order valence-corrected chi connectivity index (χ3v) is 4.08. The van der Waals surface area contributed by atoms with Gasteiger partial charge in [-0.1, -0.05) is 12.1 Å². The van der Waals surface area contributed by atoms with Gasteiger partial charge in [-0.3, -0.25) is 4.79 Å². The number of hydrogen-bond acceptors (Lipinski definition) is 5. The molecule has 1 aliphatic heterocycles. The van der Waals surface area contributed by atoms with Gasteiger partial charge in [0.1, 0.15) is 11.6 Å². The number of amides is 1. The Balaban J connectivity index is 1.64. The number of benzene rings is 1. The van der Waals surface area contributed by atoms with Gasteiger partial charge in [0.05, 0.1) is 19.8 Å². The fourth-order valence-electron chi connectivity index (χ4n) is 2.82. The third-order valence-electron chi connectivity index (χ3n) is 4.08. The Hall–Kier alpha value is -2.60. The van der Waals surface area contributed by atoms with Gasteiger partial charge in [-0.15, -0.1) is 0 Å². The largest absolute Gasteiger partial charge is 0.497 e. The quantitative estimate of drug-likeness (QED) is 0.926. The van der Waals surface area contributed by atoms with Crippen molar-refractivity contribution in [3.8, 4) is 5.75 Å². The molecule has 0 saturated carbocycles. The molecule has 2 heterocycles. The van der Waals surface area contributed by atoms with Gasteiger partial charge >= 0.3 is 0 Å². The van der Waals surface area contributed by atoms with Crippen LogP contribution in [0.1, 0.15) is 15.9 Å². The van der Waals surface area contributed by atoms with Crippen molar-refractivity contribution in [3.05, 3.63) is 53.7 Å². The van der Waals surface area contributed by atoms with Crippen LogP contribution in [0.2, 0.25) is 0 Å². The predicted molar refractivity (Wildman–Crippen MR) is 91.0 cm³/mol. The molecule has 2 aromatic rings. The van der Waals surface area contributed by atoms with Crippen LogP contribution < -0.4 is 10.5 Å². The number of aromatic nitrogens is 1. The van der Waals surface area contributed by atoms with Crippen LogP contribution in [-0.2, 0) is 11.2 Å². The van der Waals surface area contributed by atoms with Crippen molar-refractivity contribution < 1.29 is 14.3 Å². The molecule has 6 nitrogen and oxygen atoms in total. The summed E-state index contributed by atoms with van der Waals surface area (Å²) in [6, 6.07) is 11.2. The van der Waals surface area contributed by atoms with E-state index in [4.69, 9.17) is 15.2 Å². The number of methoxy groups -OCH3 is 1. The highest BCUT2D eigenvalue weighted by Crippen LogP contribution is 2.17. The fourth-order valence-corrected chi connectivity index (χ4v) is 2.82. The number of pyridine rings is 1. The molecule has 24 heavy (non-hydrogen) atoms. The lowest BCUT2D eigenvalue weighted by atomic mass is 10.1. The van der Waals surface area contributed by atoms with Crippen molar-refractivity contribution in [2.75, 3.05) is 32.5 Å². The maximum Gasteiger partial charge on any atom is 0.254 e. The van der Waals surface area contributed by atoms with Crippen LogP contribution in [-0.4, -0.2) is 48.7 Å². The number of nitrogens with zero attached hydrogens (tertiary/aromatic N) is 2. The number of ether oxygens (including phenoxy) is 2. The molecule has 1 amide bonds. The molecule has 1 aromatic carbocycles. The number of nitrogen functional groups attached to an aromatic ring is 1. The average Bonchev–Trinajstić information content (AvgIpc) is 2.62. The van der Waals surface area contributed by atoms with Crippen molar-refractivity contribution in [2.24, 2.45) is 0 Å². The first-order valence-corrected chi connectivity index (χ1v) is 7.91. The van der Waals surface area contributed by atoms with E-state index < -0.39 is 0 Å². The number of rotatable bonds is 4. The first-order valence-electron chi connectivity index (χ1n) is 7.91. The minimum atomic E-state index is -0.0351. The molecule has 0 spiro atoms. The van der Waals surface area contributed by atoms with E-state index in [9.17, 15) is 4.79 Å². The molecule has 1 saturated heterocycles. The maximum atomic E-state index is 12.6. The van der Waals surface area contributed by atoms with Gasteiger partial charge in [-0.05, 0) is 29.8 Å². The van der Waals surface area contributed by atoms with Gasteiger partial charge in [0.25, 0.3) is 5.91 Å². The summed E-state index contributed by atoms with van der Waals surface area (Å²) in [6.07, 6.45) is 2.29. The van der Waals surface area contributed by atoms with E-state index in [1.807, 2.05) is 29.2 Å². The Labute approximate surface area is 141 Å². The summed E-state index contributed by atoms with van der Waals surface area (Å²) >= 11 is 0. The monoisotopic (exact) mass is 327 g/mol. The lowest BCUT2D eigenvalue weighted by molar-refractivity contribution is -0.0208. The summed E-state index contributed by atoms with van der Waals surface area (Å²) < 4.78 is 11.0. The van der Waals surface area contributed by atoms with E-state index in [1.165, 1.54) is 0 Å². The second-order valence-corrected chi connectivity index (χ2v) is 5.77. The van der Waals surface area contributed by atoms with Crippen LogP contribution in [0.3, 0.4) is 0 Å². The number of anilines is 1. The molecule has 1 atom stereocenters. The normalized spacial score (nSPS) is 17.5. The standard InChI is InChI=1S/C18H21N3O3/c1-23-15-4-2-13(3-5-15)10-16-12-21(8-9-24-16)18(22)14-6-7-20-17(19)11-14/h2-7,11,16H,8-10,12H2,1H3,(H2,19,20). The Morgan fingerprint density at radius 1 is 1.38 bits per heavy atom. The summed E-state index contributed by atoms with van der Waals surface area (Å²) in [5, 5.41) is 0. The molecule has 0 bridgehead atoms. The van der Waals surface area contributed by atoms with Crippen LogP contribution in [0, 0.1) is 0 Å².